The second kappa shape index (κ2) is 10.7. The first-order valence-corrected chi connectivity index (χ1v) is 11.8. The highest BCUT2D eigenvalue weighted by molar-refractivity contribution is 6.02. The molecule has 0 saturated heterocycles. The molecule has 0 radical (unpaired) electrons. The lowest BCUT2D eigenvalue weighted by Crippen LogP contribution is -2.21. The summed E-state index contributed by atoms with van der Waals surface area (Å²) in [6.07, 6.45) is -0.315. The predicted octanol–water partition coefficient (Wildman–Crippen LogP) is 7.44. The van der Waals surface area contributed by atoms with Crippen LogP contribution in [-0.4, -0.2) is 12.6 Å². The molecule has 0 aromatic heterocycles. The number of hydrogen-bond donors (Lipinski definition) is 1. The van der Waals surface area contributed by atoms with E-state index in [0.29, 0.717) is 12.4 Å². The van der Waals surface area contributed by atoms with Crippen molar-refractivity contribution in [3.8, 4) is 11.1 Å². The number of aliphatic imine (C=N–C) groups is 2. The van der Waals surface area contributed by atoms with Crippen molar-refractivity contribution in [3.63, 3.8) is 0 Å². The van der Waals surface area contributed by atoms with Gasteiger partial charge in [0.15, 0.2) is 5.84 Å². The standard InChI is InChI=1S/C32H27N3/c1-33-31(27-17-9-4-10-18-27)35-32(34-23-24-13-5-2-6-14-24)29-22-12-20-26-19-11-21-28(30(26)29)25-15-7-3-8-16-25/h2-22,32,34H,1,23H2. The maximum absolute atomic E-state index is 5.11. The quantitative estimate of drug-likeness (QED) is 0.202. The Bertz CT molecular complexity index is 1440. The smallest absolute Gasteiger partial charge is 0.155 e. The van der Waals surface area contributed by atoms with E-state index in [1.54, 1.807) is 0 Å². The Morgan fingerprint density at radius 1 is 0.686 bits per heavy atom. The van der Waals surface area contributed by atoms with Gasteiger partial charge in [0.25, 0.3) is 0 Å². The van der Waals surface area contributed by atoms with E-state index in [2.05, 4.69) is 102 Å². The summed E-state index contributed by atoms with van der Waals surface area (Å²) in [5.41, 5.74) is 5.62. The van der Waals surface area contributed by atoms with Crippen LogP contribution in [0.1, 0.15) is 22.9 Å². The highest BCUT2D eigenvalue weighted by Gasteiger charge is 2.17. The van der Waals surface area contributed by atoms with E-state index in [9.17, 15) is 0 Å². The second-order valence-corrected chi connectivity index (χ2v) is 8.36. The molecule has 170 valence electrons. The molecule has 0 bridgehead atoms. The first-order chi connectivity index (χ1) is 17.3. The van der Waals surface area contributed by atoms with Crippen LogP contribution in [-0.2, 0) is 6.54 Å². The third-order valence-corrected chi connectivity index (χ3v) is 6.09. The van der Waals surface area contributed by atoms with Crippen molar-refractivity contribution in [3.05, 3.63) is 144 Å². The van der Waals surface area contributed by atoms with Gasteiger partial charge in [0.1, 0.15) is 6.17 Å². The molecule has 5 rings (SSSR count). The molecule has 5 aromatic carbocycles. The molecule has 0 amide bonds. The second-order valence-electron chi connectivity index (χ2n) is 8.36. The molecule has 3 nitrogen and oxygen atoms in total. The van der Waals surface area contributed by atoms with Crippen molar-refractivity contribution >= 4 is 23.3 Å². The monoisotopic (exact) mass is 453 g/mol. The zero-order valence-corrected chi connectivity index (χ0v) is 19.5. The van der Waals surface area contributed by atoms with E-state index in [1.807, 2.05) is 42.5 Å². The van der Waals surface area contributed by atoms with Crippen LogP contribution >= 0.6 is 0 Å². The van der Waals surface area contributed by atoms with Crippen LogP contribution in [0.15, 0.2) is 137 Å². The number of nitrogens with zero attached hydrogens (tertiary/aromatic N) is 2. The first kappa shape index (κ1) is 22.5. The van der Waals surface area contributed by atoms with Gasteiger partial charge in [-0.05, 0) is 39.7 Å². The molecule has 0 aliphatic carbocycles. The summed E-state index contributed by atoms with van der Waals surface area (Å²) >= 11 is 0. The maximum atomic E-state index is 5.11. The zero-order chi connectivity index (χ0) is 23.9. The summed E-state index contributed by atoms with van der Waals surface area (Å²) in [4.78, 5) is 9.41. The van der Waals surface area contributed by atoms with Crippen molar-refractivity contribution in [1.82, 2.24) is 5.32 Å². The minimum atomic E-state index is -0.315. The number of hydrogen-bond acceptors (Lipinski definition) is 2. The summed E-state index contributed by atoms with van der Waals surface area (Å²) in [7, 11) is 0. The van der Waals surface area contributed by atoms with E-state index in [0.717, 1.165) is 11.1 Å². The van der Waals surface area contributed by atoms with Crippen LogP contribution in [0.25, 0.3) is 21.9 Å². The molecule has 0 aliphatic heterocycles. The van der Waals surface area contributed by atoms with Gasteiger partial charge in [0.05, 0.1) is 0 Å². The number of fused-ring (bicyclic) bond motifs is 1. The summed E-state index contributed by atoms with van der Waals surface area (Å²) in [6.45, 7) is 4.50. The van der Waals surface area contributed by atoms with Crippen LogP contribution in [0.5, 0.6) is 0 Å². The highest BCUT2D eigenvalue weighted by Crippen LogP contribution is 2.34. The van der Waals surface area contributed by atoms with Gasteiger partial charge in [0.2, 0.25) is 0 Å². The molecule has 0 heterocycles. The largest absolute Gasteiger partial charge is 0.288 e. The Kier molecular flexibility index (Phi) is 6.88. The SMILES string of the molecule is C=NC(=NC(NCc1ccccc1)c1cccc2cccc(-c3ccccc3)c12)c1ccccc1. The number of amidine groups is 1. The lowest BCUT2D eigenvalue weighted by atomic mass is 9.93. The summed E-state index contributed by atoms with van der Waals surface area (Å²) in [6, 6.07) is 43.8. The van der Waals surface area contributed by atoms with Gasteiger partial charge < -0.3 is 0 Å². The average molecular weight is 454 g/mol. The molecule has 0 spiro atoms. The Labute approximate surface area is 206 Å². The third kappa shape index (κ3) is 5.11. The number of benzene rings is 5. The lowest BCUT2D eigenvalue weighted by Gasteiger charge is -2.20. The van der Waals surface area contributed by atoms with Gasteiger partial charge in [-0.25, -0.2) is 9.98 Å². The predicted molar refractivity (Wildman–Crippen MR) is 148 cm³/mol. The minimum absolute atomic E-state index is 0.315. The van der Waals surface area contributed by atoms with E-state index in [1.165, 1.54) is 27.5 Å². The zero-order valence-electron chi connectivity index (χ0n) is 19.5. The van der Waals surface area contributed by atoms with E-state index < -0.39 is 0 Å². The molecule has 1 atom stereocenters. The Balaban J connectivity index is 1.66. The Hall–Kier alpha value is -4.34. The molecule has 0 fully saturated rings. The molecule has 1 unspecified atom stereocenters. The minimum Gasteiger partial charge on any atom is -0.288 e. The Morgan fingerprint density at radius 3 is 2.00 bits per heavy atom. The molecule has 35 heavy (non-hydrogen) atoms. The summed E-state index contributed by atoms with van der Waals surface area (Å²) in [5, 5.41) is 6.05. The lowest BCUT2D eigenvalue weighted by molar-refractivity contribution is 0.558. The fourth-order valence-corrected chi connectivity index (χ4v) is 4.41. The van der Waals surface area contributed by atoms with Crippen LogP contribution < -0.4 is 5.32 Å². The van der Waals surface area contributed by atoms with Crippen LogP contribution in [0.3, 0.4) is 0 Å². The van der Waals surface area contributed by atoms with Crippen molar-refractivity contribution in [2.45, 2.75) is 12.7 Å². The molecule has 0 saturated carbocycles. The fourth-order valence-electron chi connectivity index (χ4n) is 4.41. The van der Waals surface area contributed by atoms with Crippen molar-refractivity contribution in [2.24, 2.45) is 9.98 Å². The van der Waals surface area contributed by atoms with E-state index in [4.69, 9.17) is 4.99 Å². The molecule has 3 heteroatoms. The van der Waals surface area contributed by atoms with Gasteiger partial charge in [-0.1, -0.05) is 127 Å². The fraction of sp³-hybridized carbons (Fsp3) is 0.0625. The number of nitrogens with one attached hydrogen (secondary N) is 1. The topological polar surface area (TPSA) is 36.8 Å². The average Bonchev–Trinajstić information content (AvgIpc) is 2.94. The number of rotatable bonds is 7. The summed E-state index contributed by atoms with van der Waals surface area (Å²) in [5.74, 6) is 0.616. The van der Waals surface area contributed by atoms with E-state index in [-0.39, 0.29) is 6.17 Å². The maximum Gasteiger partial charge on any atom is 0.155 e. The Morgan fingerprint density at radius 2 is 1.31 bits per heavy atom. The van der Waals surface area contributed by atoms with Crippen molar-refractivity contribution in [1.29, 1.82) is 0 Å². The summed E-state index contributed by atoms with van der Waals surface area (Å²) < 4.78 is 0. The van der Waals surface area contributed by atoms with Gasteiger partial charge in [0, 0.05) is 12.1 Å². The van der Waals surface area contributed by atoms with Gasteiger partial charge in [-0.15, -0.1) is 0 Å². The van der Waals surface area contributed by atoms with Crippen molar-refractivity contribution in [2.75, 3.05) is 0 Å². The van der Waals surface area contributed by atoms with Crippen molar-refractivity contribution < 1.29 is 0 Å². The normalized spacial score (nSPS) is 12.4. The van der Waals surface area contributed by atoms with Crippen LogP contribution in [0.2, 0.25) is 0 Å². The van der Waals surface area contributed by atoms with Crippen LogP contribution in [0.4, 0.5) is 0 Å². The van der Waals surface area contributed by atoms with Gasteiger partial charge >= 0.3 is 0 Å². The molecule has 1 N–H and O–H groups in total. The molecular formula is C32H27N3. The third-order valence-electron chi connectivity index (χ3n) is 6.09. The molecule has 5 aromatic rings. The first-order valence-electron chi connectivity index (χ1n) is 11.8. The van der Waals surface area contributed by atoms with E-state index >= 15 is 0 Å². The molecular weight excluding hydrogens is 426 g/mol. The van der Waals surface area contributed by atoms with Gasteiger partial charge in [-0.2, -0.15) is 0 Å². The van der Waals surface area contributed by atoms with Crippen LogP contribution in [0, 0.1) is 0 Å². The van der Waals surface area contributed by atoms with Gasteiger partial charge in [-0.3, -0.25) is 5.32 Å². The molecule has 0 aliphatic rings. The highest BCUT2D eigenvalue weighted by atomic mass is 15.1.